The number of rotatable bonds is 2. The molecule has 0 saturated carbocycles. The fourth-order valence-electron chi connectivity index (χ4n) is 2.21. The van der Waals surface area contributed by atoms with Gasteiger partial charge in [0.25, 0.3) is 0 Å². The van der Waals surface area contributed by atoms with Crippen molar-refractivity contribution in [3.8, 4) is 17.1 Å². The van der Waals surface area contributed by atoms with Gasteiger partial charge in [0.05, 0.1) is 18.0 Å². The molecule has 0 aliphatic rings. The van der Waals surface area contributed by atoms with Gasteiger partial charge in [0, 0.05) is 5.56 Å². The third-order valence-corrected chi connectivity index (χ3v) is 3.14. The van der Waals surface area contributed by atoms with Crippen LogP contribution in [0, 0.1) is 20.8 Å². The number of benzene rings is 1. The lowest BCUT2D eigenvalue weighted by atomic mass is 9.95. The molecule has 0 bridgehead atoms. The van der Waals surface area contributed by atoms with E-state index >= 15 is 0 Å². The molecule has 0 fully saturated rings. The second-order valence-corrected chi connectivity index (χ2v) is 4.32. The average Bonchev–Trinajstić information content (AvgIpc) is 2.30. The van der Waals surface area contributed by atoms with Crippen molar-refractivity contribution in [3.05, 3.63) is 40.7 Å². The maximum absolute atomic E-state index is 9.37. The first kappa shape index (κ1) is 12.5. The van der Waals surface area contributed by atoms with Gasteiger partial charge in [-0.3, -0.25) is 0 Å². The van der Waals surface area contributed by atoms with Crippen LogP contribution in [0.2, 0.25) is 0 Å². The van der Waals surface area contributed by atoms with Crippen LogP contribution in [-0.2, 0) is 6.61 Å². The molecular formula is C14H16N2O2. The van der Waals surface area contributed by atoms with Crippen molar-refractivity contribution in [2.45, 2.75) is 27.4 Å². The summed E-state index contributed by atoms with van der Waals surface area (Å²) in [5, 5.41) is 18.7. The number of nitrogens with zero attached hydrogens (tertiary/aromatic N) is 2. The summed E-state index contributed by atoms with van der Waals surface area (Å²) in [5.74, 6) is 0. The summed E-state index contributed by atoms with van der Waals surface area (Å²) in [6.45, 7) is 5.66. The van der Waals surface area contributed by atoms with Gasteiger partial charge in [0.1, 0.15) is 0 Å². The molecule has 94 valence electrons. The van der Waals surface area contributed by atoms with Gasteiger partial charge in [0.2, 0.25) is 0 Å². The quantitative estimate of drug-likeness (QED) is 0.850. The molecule has 1 aromatic heterocycles. The van der Waals surface area contributed by atoms with Gasteiger partial charge in [-0.2, -0.15) is 0 Å². The molecule has 0 spiro atoms. The van der Waals surface area contributed by atoms with Gasteiger partial charge in [-0.1, -0.05) is 18.2 Å². The first-order valence-electron chi connectivity index (χ1n) is 5.78. The van der Waals surface area contributed by atoms with Crippen molar-refractivity contribution in [2.24, 2.45) is 0 Å². The van der Waals surface area contributed by atoms with E-state index in [1.54, 1.807) is 0 Å². The number of aryl methyl sites for hydroxylation is 2. The molecule has 1 aromatic carbocycles. The smallest absolute Gasteiger partial charge is 0.314 e. The molecule has 0 saturated heterocycles. The Balaban J connectivity index is 2.70. The van der Waals surface area contributed by atoms with Gasteiger partial charge < -0.3 is 10.2 Å². The van der Waals surface area contributed by atoms with Crippen LogP contribution in [-0.4, -0.2) is 20.2 Å². The van der Waals surface area contributed by atoms with E-state index in [4.69, 9.17) is 0 Å². The highest BCUT2D eigenvalue weighted by Crippen LogP contribution is 2.30. The molecule has 0 atom stereocenters. The summed E-state index contributed by atoms with van der Waals surface area (Å²) >= 11 is 0. The van der Waals surface area contributed by atoms with Gasteiger partial charge >= 0.3 is 6.01 Å². The van der Waals surface area contributed by atoms with Crippen molar-refractivity contribution in [1.29, 1.82) is 0 Å². The van der Waals surface area contributed by atoms with E-state index in [9.17, 15) is 10.2 Å². The summed E-state index contributed by atoms with van der Waals surface area (Å²) in [5.41, 5.74) is 5.29. The zero-order valence-corrected chi connectivity index (χ0v) is 10.7. The minimum Gasteiger partial charge on any atom is -0.479 e. The predicted octanol–water partition coefficient (Wildman–Crippen LogP) is 2.27. The number of hydrogen-bond donors (Lipinski definition) is 2. The fourth-order valence-corrected chi connectivity index (χ4v) is 2.21. The Hall–Kier alpha value is -1.94. The lowest BCUT2D eigenvalue weighted by Gasteiger charge is -2.13. The van der Waals surface area contributed by atoms with Gasteiger partial charge in [-0.05, 0) is 37.5 Å². The van der Waals surface area contributed by atoms with Gasteiger partial charge in [-0.25, -0.2) is 9.97 Å². The average molecular weight is 244 g/mol. The molecule has 2 N–H and O–H groups in total. The minimum absolute atomic E-state index is 0.0106. The van der Waals surface area contributed by atoms with Crippen molar-refractivity contribution in [3.63, 3.8) is 0 Å². The predicted molar refractivity (Wildman–Crippen MR) is 69.3 cm³/mol. The van der Waals surface area contributed by atoms with Crippen LogP contribution in [0.1, 0.15) is 22.5 Å². The largest absolute Gasteiger partial charge is 0.479 e. The van der Waals surface area contributed by atoms with Crippen LogP contribution in [0.3, 0.4) is 0 Å². The van der Waals surface area contributed by atoms with Crippen LogP contribution in [0.5, 0.6) is 6.01 Å². The molecule has 18 heavy (non-hydrogen) atoms. The normalized spacial score (nSPS) is 10.7. The van der Waals surface area contributed by atoms with Crippen LogP contribution in [0.15, 0.2) is 18.2 Å². The van der Waals surface area contributed by atoms with Gasteiger partial charge in [0.15, 0.2) is 0 Å². The maximum Gasteiger partial charge on any atom is 0.314 e. The first-order valence-corrected chi connectivity index (χ1v) is 5.78. The second-order valence-electron chi connectivity index (χ2n) is 4.32. The Morgan fingerprint density at radius 1 is 1.06 bits per heavy atom. The third kappa shape index (κ3) is 2.07. The van der Waals surface area contributed by atoms with Crippen LogP contribution in [0.25, 0.3) is 11.1 Å². The summed E-state index contributed by atoms with van der Waals surface area (Å²) in [6.07, 6.45) is 0. The zero-order chi connectivity index (χ0) is 13.3. The molecule has 0 unspecified atom stereocenters. The van der Waals surface area contributed by atoms with E-state index in [0.717, 1.165) is 33.6 Å². The monoisotopic (exact) mass is 244 g/mol. The molecule has 4 heteroatoms. The van der Waals surface area contributed by atoms with E-state index in [1.807, 2.05) is 39.0 Å². The van der Waals surface area contributed by atoms with Gasteiger partial charge in [-0.15, -0.1) is 0 Å². The Bertz CT molecular complexity index is 571. The summed E-state index contributed by atoms with van der Waals surface area (Å²) in [6, 6.07) is 5.57. The summed E-state index contributed by atoms with van der Waals surface area (Å²) < 4.78 is 0. The van der Waals surface area contributed by atoms with E-state index in [1.165, 1.54) is 0 Å². The molecule has 2 rings (SSSR count). The van der Waals surface area contributed by atoms with Crippen molar-refractivity contribution < 1.29 is 10.2 Å². The van der Waals surface area contributed by atoms with Crippen molar-refractivity contribution in [1.82, 2.24) is 9.97 Å². The number of aromatic hydroxyl groups is 1. The highest BCUT2D eigenvalue weighted by Gasteiger charge is 2.13. The molecule has 0 aliphatic heterocycles. The molecule has 4 nitrogen and oxygen atoms in total. The van der Waals surface area contributed by atoms with Crippen LogP contribution >= 0.6 is 0 Å². The summed E-state index contributed by atoms with van der Waals surface area (Å²) in [7, 11) is 0. The molecular weight excluding hydrogens is 228 g/mol. The fraction of sp³-hybridized carbons (Fsp3) is 0.286. The number of aromatic nitrogens is 2. The minimum atomic E-state index is -0.204. The first-order chi connectivity index (χ1) is 8.54. The van der Waals surface area contributed by atoms with E-state index in [-0.39, 0.29) is 12.6 Å². The lowest BCUT2D eigenvalue weighted by Crippen LogP contribution is -1.99. The van der Waals surface area contributed by atoms with Crippen LogP contribution in [0.4, 0.5) is 0 Å². The highest BCUT2D eigenvalue weighted by atomic mass is 16.3. The zero-order valence-electron chi connectivity index (χ0n) is 10.7. The molecule has 2 aromatic rings. The second kappa shape index (κ2) is 4.74. The lowest BCUT2D eigenvalue weighted by molar-refractivity contribution is 0.281. The van der Waals surface area contributed by atoms with Crippen LogP contribution < -0.4 is 0 Å². The maximum atomic E-state index is 9.37. The van der Waals surface area contributed by atoms with E-state index in [2.05, 4.69) is 9.97 Å². The topological polar surface area (TPSA) is 66.2 Å². The molecule has 0 radical (unpaired) electrons. The standard InChI is InChI=1S/C14H16N2O2/c1-8-11(7-17)5-4-6-12(8)13-9(2)15-14(18)16-10(13)3/h4-6,17H,7H2,1-3H3,(H,15,16,18). The number of aliphatic hydroxyl groups is 1. The number of aliphatic hydroxyl groups excluding tert-OH is 1. The molecule has 0 amide bonds. The van der Waals surface area contributed by atoms with E-state index < -0.39 is 0 Å². The van der Waals surface area contributed by atoms with Crippen molar-refractivity contribution >= 4 is 0 Å². The Labute approximate surface area is 106 Å². The highest BCUT2D eigenvalue weighted by molar-refractivity contribution is 5.72. The Morgan fingerprint density at radius 2 is 1.67 bits per heavy atom. The molecule has 0 aliphatic carbocycles. The Kier molecular flexibility index (Phi) is 3.30. The Morgan fingerprint density at radius 3 is 2.22 bits per heavy atom. The summed E-state index contributed by atoms with van der Waals surface area (Å²) in [4.78, 5) is 7.98. The third-order valence-electron chi connectivity index (χ3n) is 3.14. The molecule has 1 heterocycles. The SMILES string of the molecule is Cc1nc(O)nc(C)c1-c1cccc(CO)c1C. The van der Waals surface area contributed by atoms with Crippen molar-refractivity contribution in [2.75, 3.05) is 0 Å². The van der Waals surface area contributed by atoms with E-state index in [0.29, 0.717) is 0 Å². The number of hydrogen-bond acceptors (Lipinski definition) is 4.